The first-order valence-corrected chi connectivity index (χ1v) is 23.0. The highest BCUT2D eigenvalue weighted by Gasteiger charge is 2.27. The Morgan fingerprint density at radius 3 is 1.39 bits per heavy atom. The number of phosphoric acid groups is 1. The largest absolute Gasteiger partial charge is 0.472 e. The van der Waals surface area contributed by atoms with Gasteiger partial charge in [0.1, 0.15) is 12.7 Å². The molecule has 0 saturated heterocycles. The van der Waals surface area contributed by atoms with Crippen molar-refractivity contribution in [3.05, 3.63) is 85.1 Å². The van der Waals surface area contributed by atoms with Crippen molar-refractivity contribution in [1.29, 1.82) is 0 Å². The molecule has 10 nitrogen and oxygen atoms in total. The fourth-order valence-corrected chi connectivity index (χ4v) is 6.08. The number of aliphatic hydroxyl groups is 2. The quantitative estimate of drug-likeness (QED) is 0.0237. The molecule has 0 amide bonds. The molecule has 0 aromatic rings. The molecule has 57 heavy (non-hydrogen) atoms. The van der Waals surface area contributed by atoms with Crippen LogP contribution >= 0.6 is 7.82 Å². The van der Waals surface area contributed by atoms with E-state index in [4.69, 9.17) is 19.1 Å². The molecule has 0 rings (SSSR count). The van der Waals surface area contributed by atoms with Gasteiger partial charge in [-0.1, -0.05) is 144 Å². The highest BCUT2D eigenvalue weighted by atomic mass is 31.2. The molecular weight excluding hydrogens is 743 g/mol. The second-order valence-corrected chi connectivity index (χ2v) is 15.4. The molecule has 3 unspecified atom stereocenters. The highest BCUT2D eigenvalue weighted by Crippen LogP contribution is 2.43. The summed E-state index contributed by atoms with van der Waals surface area (Å²) in [6.07, 6.45) is 48.4. The molecule has 0 aromatic carbocycles. The summed E-state index contributed by atoms with van der Waals surface area (Å²) in [6.45, 7) is 2.09. The molecule has 0 aromatic heterocycles. The molecule has 11 heteroatoms. The Kier molecular flexibility index (Phi) is 39.2. The van der Waals surface area contributed by atoms with Gasteiger partial charge < -0.3 is 24.6 Å². The first kappa shape index (κ1) is 54.2. The Bertz CT molecular complexity index is 1220. The SMILES string of the molecule is CC/C=C\C/C=C\C/C=C\C/C=C\CCCCCCCCCCC(=O)OC(COC(=O)CCCCC/C=C\C/C=C\C/C=C\CC)COP(=O)(O)OCC(O)CO. The van der Waals surface area contributed by atoms with Crippen molar-refractivity contribution in [2.75, 3.05) is 26.4 Å². The van der Waals surface area contributed by atoms with Crippen LogP contribution in [0.3, 0.4) is 0 Å². The number of carbonyl (C=O) groups is 2. The fourth-order valence-electron chi connectivity index (χ4n) is 5.29. The standard InChI is InChI=1S/C46H77O10P/c1-3-5-7-9-11-13-15-17-18-19-20-21-22-23-24-26-28-30-32-34-36-38-46(50)56-44(42-55-57(51,52)54-40-43(48)39-47)41-53-45(49)37-35-33-31-29-27-25-16-14-12-10-8-6-4-2/h5-8,11-14,17-18,20-21,25,27,43-44,47-48H,3-4,9-10,15-16,19,22-24,26,28-42H2,1-2H3,(H,51,52)/b7-5-,8-6-,13-11-,14-12-,18-17-,21-20-,27-25-. The summed E-state index contributed by atoms with van der Waals surface area (Å²) in [5.74, 6) is -0.977. The van der Waals surface area contributed by atoms with E-state index < -0.39 is 51.8 Å². The van der Waals surface area contributed by atoms with E-state index >= 15 is 0 Å². The number of esters is 2. The number of hydrogen-bond donors (Lipinski definition) is 3. The second kappa shape index (κ2) is 41.3. The molecule has 0 bridgehead atoms. The van der Waals surface area contributed by atoms with Gasteiger partial charge in [-0.05, 0) is 83.5 Å². The van der Waals surface area contributed by atoms with E-state index in [-0.39, 0.29) is 19.4 Å². The lowest BCUT2D eigenvalue weighted by molar-refractivity contribution is -0.161. The number of rotatable bonds is 39. The summed E-state index contributed by atoms with van der Waals surface area (Å²) in [5.41, 5.74) is 0. The number of ether oxygens (including phenoxy) is 2. The number of carbonyl (C=O) groups excluding carboxylic acids is 2. The Morgan fingerprint density at radius 1 is 0.526 bits per heavy atom. The molecule has 0 aliphatic rings. The second-order valence-electron chi connectivity index (χ2n) is 14.0. The average Bonchev–Trinajstić information content (AvgIpc) is 3.20. The van der Waals surface area contributed by atoms with Gasteiger partial charge in [0.05, 0.1) is 19.8 Å². The van der Waals surface area contributed by atoms with Gasteiger partial charge >= 0.3 is 19.8 Å². The molecule has 0 radical (unpaired) electrons. The van der Waals surface area contributed by atoms with Crippen LogP contribution in [0, 0.1) is 0 Å². The molecule has 0 saturated carbocycles. The Labute approximate surface area is 345 Å². The minimum absolute atomic E-state index is 0.163. The van der Waals surface area contributed by atoms with Crippen molar-refractivity contribution in [3.63, 3.8) is 0 Å². The van der Waals surface area contributed by atoms with Gasteiger partial charge in [-0.3, -0.25) is 18.6 Å². The van der Waals surface area contributed by atoms with E-state index in [0.717, 1.165) is 96.3 Å². The molecule has 0 aliphatic heterocycles. The number of phosphoric ester groups is 1. The zero-order valence-corrected chi connectivity index (χ0v) is 36.2. The monoisotopic (exact) mass is 821 g/mol. The molecule has 326 valence electrons. The van der Waals surface area contributed by atoms with Crippen molar-refractivity contribution in [2.24, 2.45) is 0 Å². The van der Waals surface area contributed by atoms with Crippen LogP contribution in [0.1, 0.15) is 155 Å². The van der Waals surface area contributed by atoms with Crippen LogP contribution in [0.25, 0.3) is 0 Å². The van der Waals surface area contributed by atoms with Crippen molar-refractivity contribution in [1.82, 2.24) is 0 Å². The number of unbranched alkanes of at least 4 members (excludes halogenated alkanes) is 11. The van der Waals surface area contributed by atoms with Gasteiger partial charge in [0.2, 0.25) is 0 Å². The van der Waals surface area contributed by atoms with Gasteiger partial charge in [0.15, 0.2) is 6.10 Å². The van der Waals surface area contributed by atoms with Crippen molar-refractivity contribution in [3.8, 4) is 0 Å². The third-order valence-corrected chi connectivity index (χ3v) is 9.50. The summed E-state index contributed by atoms with van der Waals surface area (Å²) in [7, 11) is -4.63. The smallest absolute Gasteiger partial charge is 0.462 e. The van der Waals surface area contributed by atoms with Crippen LogP contribution in [-0.4, -0.2) is 65.7 Å². The Balaban J connectivity index is 4.33. The number of aliphatic hydroxyl groups excluding tert-OH is 2. The van der Waals surface area contributed by atoms with Crippen LogP contribution < -0.4 is 0 Å². The normalized spacial score (nSPS) is 14.7. The molecule has 0 spiro atoms. The van der Waals surface area contributed by atoms with E-state index in [2.05, 4.69) is 103 Å². The maximum atomic E-state index is 12.6. The number of hydrogen-bond acceptors (Lipinski definition) is 9. The topological polar surface area (TPSA) is 149 Å². The summed E-state index contributed by atoms with van der Waals surface area (Å²) in [6, 6.07) is 0. The maximum absolute atomic E-state index is 12.6. The first-order chi connectivity index (χ1) is 27.7. The summed E-state index contributed by atoms with van der Waals surface area (Å²) in [4.78, 5) is 35.0. The molecular formula is C46H77O10P. The highest BCUT2D eigenvalue weighted by molar-refractivity contribution is 7.47. The van der Waals surface area contributed by atoms with E-state index in [1.807, 2.05) is 0 Å². The third kappa shape index (κ3) is 41.1. The molecule has 3 N–H and O–H groups in total. The predicted octanol–water partition coefficient (Wildman–Crippen LogP) is 11.4. The Hall–Kier alpha value is -2.85. The summed E-state index contributed by atoms with van der Waals surface area (Å²) in [5, 5.41) is 18.3. The summed E-state index contributed by atoms with van der Waals surface area (Å²) >= 11 is 0. The zero-order chi connectivity index (χ0) is 41.9. The van der Waals surface area contributed by atoms with Gasteiger partial charge in [0.25, 0.3) is 0 Å². The minimum atomic E-state index is -4.63. The number of allylic oxidation sites excluding steroid dienone is 14. The van der Waals surface area contributed by atoms with E-state index in [0.29, 0.717) is 12.8 Å². The van der Waals surface area contributed by atoms with Crippen LogP contribution in [-0.2, 0) is 32.7 Å². The summed E-state index contributed by atoms with van der Waals surface area (Å²) < 4.78 is 32.7. The fraction of sp³-hybridized carbons (Fsp3) is 0.652. The maximum Gasteiger partial charge on any atom is 0.472 e. The Morgan fingerprint density at radius 2 is 0.912 bits per heavy atom. The van der Waals surface area contributed by atoms with Crippen LogP contribution in [0.2, 0.25) is 0 Å². The van der Waals surface area contributed by atoms with Crippen molar-refractivity contribution in [2.45, 2.75) is 167 Å². The predicted molar refractivity (Wildman–Crippen MR) is 233 cm³/mol. The lowest BCUT2D eigenvalue weighted by Crippen LogP contribution is -2.29. The van der Waals surface area contributed by atoms with Crippen molar-refractivity contribution >= 4 is 19.8 Å². The van der Waals surface area contributed by atoms with E-state index in [1.54, 1.807) is 0 Å². The molecule has 0 aliphatic carbocycles. The van der Waals surface area contributed by atoms with Crippen LogP contribution in [0.15, 0.2) is 85.1 Å². The van der Waals surface area contributed by atoms with Gasteiger partial charge in [0, 0.05) is 12.8 Å². The van der Waals surface area contributed by atoms with Crippen LogP contribution in [0.4, 0.5) is 0 Å². The van der Waals surface area contributed by atoms with Crippen molar-refractivity contribution < 1.29 is 47.8 Å². The molecule has 0 heterocycles. The zero-order valence-electron chi connectivity index (χ0n) is 35.3. The lowest BCUT2D eigenvalue weighted by atomic mass is 10.1. The van der Waals surface area contributed by atoms with E-state index in [9.17, 15) is 24.2 Å². The minimum Gasteiger partial charge on any atom is -0.462 e. The van der Waals surface area contributed by atoms with Gasteiger partial charge in [-0.2, -0.15) is 0 Å². The van der Waals surface area contributed by atoms with Crippen LogP contribution in [0.5, 0.6) is 0 Å². The third-order valence-electron chi connectivity index (χ3n) is 8.54. The molecule has 0 fully saturated rings. The van der Waals surface area contributed by atoms with E-state index in [1.165, 1.54) is 19.3 Å². The van der Waals surface area contributed by atoms with Gasteiger partial charge in [-0.15, -0.1) is 0 Å². The molecule has 3 atom stereocenters. The van der Waals surface area contributed by atoms with Gasteiger partial charge in [-0.25, -0.2) is 4.57 Å². The average molecular weight is 821 g/mol. The first-order valence-electron chi connectivity index (χ1n) is 21.5. The lowest BCUT2D eigenvalue weighted by Gasteiger charge is -2.20.